The third kappa shape index (κ3) is 3.08. The van der Waals surface area contributed by atoms with E-state index in [1.807, 2.05) is 0 Å². The minimum atomic E-state index is -1.14. The standard InChI is InChI=1S/C14H10ClF3O/c15-10-5-4-8(6-12(10)17)13(19)7-9-2-1-3-11(16)14(9)18/h1-6,13,19H,7H2. The second-order valence-electron chi connectivity index (χ2n) is 4.11. The molecule has 0 aliphatic rings. The highest BCUT2D eigenvalue weighted by atomic mass is 35.5. The van der Waals surface area contributed by atoms with Crippen LogP contribution in [-0.2, 0) is 6.42 Å². The van der Waals surface area contributed by atoms with Crippen LogP contribution in [0.2, 0.25) is 5.02 Å². The second kappa shape index (κ2) is 5.63. The summed E-state index contributed by atoms with van der Waals surface area (Å²) in [6.45, 7) is 0. The molecule has 0 fully saturated rings. The Morgan fingerprint density at radius 1 is 1.05 bits per heavy atom. The van der Waals surface area contributed by atoms with Crippen molar-refractivity contribution in [2.75, 3.05) is 0 Å². The Balaban J connectivity index is 2.23. The van der Waals surface area contributed by atoms with Crippen LogP contribution >= 0.6 is 11.6 Å². The van der Waals surface area contributed by atoms with Crippen molar-refractivity contribution >= 4 is 11.6 Å². The molecule has 1 nitrogen and oxygen atoms in total. The van der Waals surface area contributed by atoms with E-state index in [0.717, 1.165) is 12.1 Å². The number of halogens is 4. The van der Waals surface area contributed by atoms with Gasteiger partial charge in [-0.15, -0.1) is 0 Å². The molecule has 1 unspecified atom stereocenters. The fourth-order valence-corrected chi connectivity index (χ4v) is 1.87. The lowest BCUT2D eigenvalue weighted by molar-refractivity contribution is 0.176. The Hall–Kier alpha value is -1.52. The first kappa shape index (κ1) is 13.9. The molecule has 0 radical (unpaired) electrons. The van der Waals surface area contributed by atoms with E-state index in [4.69, 9.17) is 11.6 Å². The molecule has 0 spiro atoms. The molecule has 1 atom stereocenters. The smallest absolute Gasteiger partial charge is 0.162 e. The zero-order valence-corrected chi connectivity index (χ0v) is 10.5. The van der Waals surface area contributed by atoms with Crippen LogP contribution in [0.25, 0.3) is 0 Å². The largest absolute Gasteiger partial charge is 0.388 e. The van der Waals surface area contributed by atoms with Crippen LogP contribution in [-0.4, -0.2) is 5.11 Å². The van der Waals surface area contributed by atoms with E-state index in [1.54, 1.807) is 0 Å². The summed E-state index contributed by atoms with van der Waals surface area (Å²) in [7, 11) is 0. The van der Waals surface area contributed by atoms with Gasteiger partial charge in [-0.2, -0.15) is 0 Å². The zero-order chi connectivity index (χ0) is 14.0. The average molecular weight is 287 g/mol. The maximum Gasteiger partial charge on any atom is 0.162 e. The Labute approximate surface area is 113 Å². The van der Waals surface area contributed by atoms with Gasteiger partial charge in [-0.05, 0) is 29.3 Å². The highest BCUT2D eigenvalue weighted by molar-refractivity contribution is 6.30. The van der Waals surface area contributed by atoms with Gasteiger partial charge in [0.2, 0.25) is 0 Å². The van der Waals surface area contributed by atoms with Gasteiger partial charge >= 0.3 is 0 Å². The van der Waals surface area contributed by atoms with Crippen molar-refractivity contribution in [1.82, 2.24) is 0 Å². The molecule has 0 bridgehead atoms. The summed E-state index contributed by atoms with van der Waals surface area (Å²) >= 11 is 5.53. The number of aliphatic hydroxyl groups excluding tert-OH is 1. The normalized spacial score (nSPS) is 12.5. The van der Waals surface area contributed by atoms with Crippen molar-refractivity contribution in [2.45, 2.75) is 12.5 Å². The van der Waals surface area contributed by atoms with Crippen LogP contribution in [0.5, 0.6) is 0 Å². The quantitative estimate of drug-likeness (QED) is 0.903. The van der Waals surface area contributed by atoms with Crippen LogP contribution < -0.4 is 0 Å². The van der Waals surface area contributed by atoms with Gasteiger partial charge in [-0.25, -0.2) is 13.2 Å². The number of hydrogen-bond donors (Lipinski definition) is 1. The average Bonchev–Trinajstić information content (AvgIpc) is 2.38. The van der Waals surface area contributed by atoms with Crippen LogP contribution in [0.15, 0.2) is 36.4 Å². The lowest BCUT2D eigenvalue weighted by Crippen LogP contribution is -2.05. The Morgan fingerprint density at radius 3 is 2.47 bits per heavy atom. The SMILES string of the molecule is OC(Cc1cccc(F)c1F)c1ccc(Cl)c(F)c1. The molecule has 0 saturated carbocycles. The van der Waals surface area contributed by atoms with Crippen LogP contribution in [0.3, 0.4) is 0 Å². The number of rotatable bonds is 3. The molecule has 2 aromatic rings. The number of hydrogen-bond acceptors (Lipinski definition) is 1. The van der Waals surface area contributed by atoms with Crippen molar-refractivity contribution in [3.63, 3.8) is 0 Å². The molecule has 0 aliphatic heterocycles. The Kier molecular flexibility index (Phi) is 4.12. The van der Waals surface area contributed by atoms with Gasteiger partial charge in [0.15, 0.2) is 11.6 Å². The highest BCUT2D eigenvalue weighted by Crippen LogP contribution is 2.24. The number of benzene rings is 2. The van der Waals surface area contributed by atoms with Crippen LogP contribution in [0.1, 0.15) is 17.2 Å². The van der Waals surface area contributed by atoms with Gasteiger partial charge in [0.1, 0.15) is 5.82 Å². The molecular formula is C14H10ClF3O. The summed E-state index contributed by atoms with van der Waals surface area (Å²) in [5.41, 5.74) is 0.286. The molecule has 100 valence electrons. The topological polar surface area (TPSA) is 20.2 Å². The first-order valence-corrected chi connectivity index (χ1v) is 5.92. The first-order chi connectivity index (χ1) is 8.99. The third-order valence-corrected chi connectivity index (χ3v) is 3.08. The van der Waals surface area contributed by atoms with Gasteiger partial charge in [-0.3, -0.25) is 0 Å². The summed E-state index contributed by atoms with van der Waals surface area (Å²) < 4.78 is 39.7. The summed E-state index contributed by atoms with van der Waals surface area (Å²) in [6.07, 6.45) is -1.28. The van der Waals surface area contributed by atoms with E-state index in [9.17, 15) is 18.3 Å². The maximum atomic E-state index is 13.4. The van der Waals surface area contributed by atoms with Gasteiger partial charge in [0.25, 0.3) is 0 Å². The third-order valence-electron chi connectivity index (χ3n) is 2.77. The van der Waals surface area contributed by atoms with E-state index < -0.39 is 23.6 Å². The lowest BCUT2D eigenvalue weighted by Gasteiger charge is -2.12. The van der Waals surface area contributed by atoms with E-state index in [1.165, 1.54) is 24.3 Å². The maximum absolute atomic E-state index is 13.4. The van der Waals surface area contributed by atoms with Crippen molar-refractivity contribution in [1.29, 1.82) is 0 Å². The predicted molar refractivity (Wildman–Crippen MR) is 66.4 cm³/mol. The van der Waals surface area contributed by atoms with Gasteiger partial charge < -0.3 is 5.11 Å². The van der Waals surface area contributed by atoms with Gasteiger partial charge in [-0.1, -0.05) is 29.8 Å². The fourth-order valence-electron chi connectivity index (χ4n) is 1.75. The van der Waals surface area contributed by atoms with Crippen molar-refractivity contribution in [3.05, 3.63) is 70.0 Å². The van der Waals surface area contributed by atoms with Crippen molar-refractivity contribution in [2.24, 2.45) is 0 Å². The van der Waals surface area contributed by atoms with Gasteiger partial charge in [0, 0.05) is 6.42 Å². The minimum absolute atomic E-state index is 0.0304. The molecule has 1 N–H and O–H groups in total. The second-order valence-corrected chi connectivity index (χ2v) is 4.51. The van der Waals surface area contributed by atoms with Crippen LogP contribution in [0.4, 0.5) is 13.2 Å². The molecule has 0 saturated heterocycles. The Bertz CT molecular complexity index is 601. The van der Waals surface area contributed by atoms with Crippen LogP contribution in [0, 0.1) is 17.5 Å². The molecule has 2 aromatic carbocycles. The molecule has 0 aromatic heterocycles. The van der Waals surface area contributed by atoms with Gasteiger partial charge in [0.05, 0.1) is 11.1 Å². The first-order valence-electron chi connectivity index (χ1n) is 5.55. The summed E-state index contributed by atoms with van der Waals surface area (Å²) in [5, 5.41) is 9.84. The molecule has 19 heavy (non-hydrogen) atoms. The monoisotopic (exact) mass is 286 g/mol. The van der Waals surface area contributed by atoms with E-state index in [-0.39, 0.29) is 22.6 Å². The molecule has 0 heterocycles. The summed E-state index contributed by atoms with van der Waals surface area (Å²) in [6, 6.07) is 7.53. The highest BCUT2D eigenvalue weighted by Gasteiger charge is 2.15. The predicted octanol–water partition coefficient (Wildman–Crippen LogP) is 4.03. The van der Waals surface area contributed by atoms with E-state index in [2.05, 4.69) is 0 Å². The van der Waals surface area contributed by atoms with Crippen molar-refractivity contribution in [3.8, 4) is 0 Å². The van der Waals surface area contributed by atoms with E-state index >= 15 is 0 Å². The van der Waals surface area contributed by atoms with Crippen molar-refractivity contribution < 1.29 is 18.3 Å². The lowest BCUT2D eigenvalue weighted by atomic mass is 10.0. The molecule has 5 heteroatoms. The molecule has 0 amide bonds. The zero-order valence-electron chi connectivity index (χ0n) is 9.71. The summed E-state index contributed by atoms with van der Waals surface area (Å²) in [4.78, 5) is 0. The molecular weight excluding hydrogens is 277 g/mol. The Morgan fingerprint density at radius 2 is 1.79 bits per heavy atom. The minimum Gasteiger partial charge on any atom is -0.388 e. The molecule has 2 rings (SSSR count). The summed E-state index contributed by atoms with van der Waals surface area (Å²) in [5.74, 6) is -2.65. The molecule has 0 aliphatic carbocycles. The van der Waals surface area contributed by atoms with E-state index in [0.29, 0.717) is 0 Å². The number of aliphatic hydroxyl groups is 1. The fraction of sp³-hybridized carbons (Fsp3) is 0.143.